The fraction of sp³-hybridized carbons (Fsp3) is 0.483. The molecule has 1 saturated carbocycles. The number of nitrogens with zero attached hydrogens (tertiary/aromatic N) is 1. The Morgan fingerprint density at radius 2 is 2.11 bits per heavy atom. The first-order valence-electron chi connectivity index (χ1n) is 13.0. The van der Waals surface area contributed by atoms with E-state index in [0.29, 0.717) is 18.6 Å². The second kappa shape index (κ2) is 9.45. The average Bonchev–Trinajstić information content (AvgIpc) is 3.34. The number of rotatable bonds is 8. The zero-order valence-electron chi connectivity index (χ0n) is 21.0. The van der Waals surface area contributed by atoms with Crippen molar-refractivity contribution in [1.29, 1.82) is 0 Å². The summed E-state index contributed by atoms with van der Waals surface area (Å²) in [4.78, 5) is 17.7. The highest BCUT2D eigenvalue weighted by Gasteiger charge is 2.36. The molecule has 3 aromatic rings. The lowest BCUT2D eigenvalue weighted by Gasteiger charge is -2.40. The van der Waals surface area contributed by atoms with E-state index in [1.807, 2.05) is 12.3 Å². The van der Waals surface area contributed by atoms with E-state index in [4.69, 9.17) is 14.2 Å². The summed E-state index contributed by atoms with van der Waals surface area (Å²) in [5, 5.41) is 10.9. The molecule has 1 saturated heterocycles. The number of ether oxygens (including phenoxy) is 3. The van der Waals surface area contributed by atoms with Crippen molar-refractivity contribution in [1.82, 2.24) is 9.88 Å². The van der Waals surface area contributed by atoms with E-state index >= 15 is 0 Å². The first kappa shape index (κ1) is 23.4. The first-order valence-corrected chi connectivity index (χ1v) is 13.0. The molecule has 0 unspecified atom stereocenters. The van der Waals surface area contributed by atoms with Gasteiger partial charge >= 0.3 is 5.97 Å². The summed E-state index contributed by atoms with van der Waals surface area (Å²) >= 11 is 0. The SMILES string of the molecule is COc1cc(C)c2[nH]ccc2c1CN1CC[C@H](OCC2CC2)C[C@H]1c1ccc(C(=O)O)c2c1OCC2. The number of aromatic amines is 1. The molecule has 190 valence electrons. The van der Waals surface area contributed by atoms with Crippen LogP contribution in [0, 0.1) is 12.8 Å². The van der Waals surface area contributed by atoms with Gasteiger partial charge < -0.3 is 24.3 Å². The summed E-state index contributed by atoms with van der Waals surface area (Å²) in [7, 11) is 1.73. The van der Waals surface area contributed by atoms with E-state index in [1.54, 1.807) is 13.2 Å². The molecular weight excluding hydrogens is 456 g/mol. The van der Waals surface area contributed by atoms with Gasteiger partial charge in [-0.15, -0.1) is 0 Å². The van der Waals surface area contributed by atoms with Crippen LogP contribution in [-0.4, -0.2) is 53.9 Å². The molecule has 7 heteroatoms. The van der Waals surface area contributed by atoms with Crippen LogP contribution in [0.5, 0.6) is 11.5 Å². The number of carbonyl (C=O) groups is 1. The number of methoxy groups -OCH3 is 1. The summed E-state index contributed by atoms with van der Waals surface area (Å²) in [5.74, 6) is 1.49. The topological polar surface area (TPSA) is 84.0 Å². The second-order valence-electron chi connectivity index (χ2n) is 10.5. The number of aromatic nitrogens is 1. The largest absolute Gasteiger partial charge is 0.496 e. The lowest BCUT2D eigenvalue weighted by molar-refractivity contribution is -0.0233. The highest BCUT2D eigenvalue weighted by atomic mass is 16.5. The van der Waals surface area contributed by atoms with Crippen LogP contribution in [0.1, 0.15) is 64.3 Å². The maximum absolute atomic E-state index is 11.9. The van der Waals surface area contributed by atoms with Crippen LogP contribution in [0.2, 0.25) is 0 Å². The van der Waals surface area contributed by atoms with Crippen LogP contribution in [-0.2, 0) is 17.7 Å². The summed E-state index contributed by atoms with van der Waals surface area (Å²) < 4.78 is 18.3. The second-order valence-corrected chi connectivity index (χ2v) is 10.5. The molecule has 1 aliphatic carbocycles. The minimum Gasteiger partial charge on any atom is -0.496 e. The Labute approximate surface area is 211 Å². The van der Waals surface area contributed by atoms with Crippen LogP contribution in [0.15, 0.2) is 30.5 Å². The molecule has 7 nitrogen and oxygen atoms in total. The monoisotopic (exact) mass is 490 g/mol. The van der Waals surface area contributed by atoms with E-state index in [1.165, 1.54) is 23.8 Å². The highest BCUT2D eigenvalue weighted by Crippen LogP contribution is 2.44. The van der Waals surface area contributed by atoms with Gasteiger partial charge in [0.1, 0.15) is 11.5 Å². The van der Waals surface area contributed by atoms with Gasteiger partial charge in [-0.2, -0.15) is 0 Å². The van der Waals surface area contributed by atoms with Gasteiger partial charge in [-0.05, 0) is 62.3 Å². The van der Waals surface area contributed by atoms with E-state index < -0.39 is 5.97 Å². The number of aryl methyl sites for hydroxylation is 1. The molecule has 2 N–H and O–H groups in total. The molecule has 2 fully saturated rings. The number of hydrogen-bond donors (Lipinski definition) is 2. The fourth-order valence-corrected chi connectivity index (χ4v) is 5.97. The van der Waals surface area contributed by atoms with Gasteiger partial charge in [0.15, 0.2) is 0 Å². The van der Waals surface area contributed by atoms with E-state index in [0.717, 1.165) is 72.2 Å². The quantitative estimate of drug-likeness (QED) is 0.449. The molecule has 3 aliphatic rings. The van der Waals surface area contributed by atoms with Gasteiger partial charge in [0.25, 0.3) is 0 Å². The van der Waals surface area contributed by atoms with Gasteiger partial charge in [-0.3, -0.25) is 4.90 Å². The fourth-order valence-electron chi connectivity index (χ4n) is 5.97. The third kappa shape index (κ3) is 4.24. The van der Waals surface area contributed by atoms with Crippen LogP contribution in [0.3, 0.4) is 0 Å². The molecule has 0 radical (unpaired) electrons. The lowest BCUT2D eigenvalue weighted by Crippen LogP contribution is -2.40. The molecule has 2 aromatic carbocycles. The Bertz CT molecular complexity index is 1290. The number of benzene rings is 2. The molecular formula is C29H34N2O5. The van der Waals surface area contributed by atoms with Crippen LogP contribution in [0.4, 0.5) is 0 Å². The number of carboxylic acids is 1. The molecule has 0 amide bonds. The number of fused-ring (bicyclic) bond motifs is 2. The Balaban J connectivity index is 1.37. The van der Waals surface area contributed by atoms with Crippen molar-refractivity contribution >= 4 is 16.9 Å². The predicted octanol–water partition coefficient (Wildman–Crippen LogP) is 5.25. The van der Waals surface area contributed by atoms with Gasteiger partial charge in [-0.1, -0.05) is 6.07 Å². The average molecular weight is 491 g/mol. The summed E-state index contributed by atoms with van der Waals surface area (Å²) in [6.45, 7) is 5.09. The molecule has 36 heavy (non-hydrogen) atoms. The molecule has 3 heterocycles. The molecule has 0 bridgehead atoms. The Morgan fingerprint density at radius 3 is 2.89 bits per heavy atom. The maximum atomic E-state index is 11.9. The number of carboxylic acid groups (broad SMARTS) is 1. The number of likely N-dealkylation sites (tertiary alicyclic amines) is 1. The van der Waals surface area contributed by atoms with Crippen LogP contribution < -0.4 is 9.47 Å². The third-order valence-electron chi connectivity index (χ3n) is 8.10. The van der Waals surface area contributed by atoms with Crippen LogP contribution >= 0.6 is 0 Å². The number of hydrogen-bond acceptors (Lipinski definition) is 5. The molecule has 2 aliphatic heterocycles. The normalized spacial score (nSPS) is 21.9. The van der Waals surface area contributed by atoms with Gasteiger partial charge in [-0.25, -0.2) is 4.79 Å². The minimum atomic E-state index is -0.895. The Morgan fingerprint density at radius 1 is 1.25 bits per heavy atom. The predicted molar refractivity (Wildman–Crippen MR) is 137 cm³/mol. The van der Waals surface area contributed by atoms with Crippen molar-refractivity contribution in [2.75, 3.05) is 26.9 Å². The summed E-state index contributed by atoms with van der Waals surface area (Å²) in [6.07, 6.45) is 7.20. The van der Waals surface area contributed by atoms with Crippen molar-refractivity contribution in [2.45, 2.75) is 57.7 Å². The zero-order valence-corrected chi connectivity index (χ0v) is 21.0. The van der Waals surface area contributed by atoms with Gasteiger partial charge in [0.2, 0.25) is 0 Å². The zero-order chi connectivity index (χ0) is 24.8. The number of aromatic carboxylic acids is 1. The van der Waals surface area contributed by atoms with E-state index in [-0.39, 0.29) is 12.1 Å². The number of nitrogens with one attached hydrogen (secondary N) is 1. The van der Waals surface area contributed by atoms with Crippen molar-refractivity contribution in [3.05, 3.63) is 58.3 Å². The maximum Gasteiger partial charge on any atom is 0.336 e. The summed E-state index contributed by atoms with van der Waals surface area (Å²) in [6, 6.07) is 8.03. The number of piperidine rings is 1. The van der Waals surface area contributed by atoms with Gasteiger partial charge in [0.05, 0.1) is 25.4 Å². The van der Waals surface area contributed by atoms with Gasteiger partial charge in [0, 0.05) is 65.9 Å². The standard InChI is InChI=1S/C29H34N2O5/c1-17-13-26(34-2)24(20-7-10-30-27(17)20)15-31-11-8-19(36-16-18-3-4-18)14-25(31)23-6-5-22(29(32)33)21-9-12-35-28(21)23/h5-7,10,13,18-19,25,30H,3-4,8-9,11-12,14-16H2,1-2H3,(H,32,33)/t19-,25-/m0/s1. The first-order chi connectivity index (χ1) is 17.5. The molecule has 0 spiro atoms. The Kier molecular flexibility index (Phi) is 6.13. The van der Waals surface area contributed by atoms with E-state index in [9.17, 15) is 9.90 Å². The third-order valence-corrected chi connectivity index (χ3v) is 8.10. The molecule has 2 atom stereocenters. The molecule has 1 aromatic heterocycles. The van der Waals surface area contributed by atoms with E-state index in [2.05, 4.69) is 28.9 Å². The van der Waals surface area contributed by atoms with Crippen molar-refractivity contribution < 1.29 is 24.1 Å². The van der Waals surface area contributed by atoms with Crippen molar-refractivity contribution in [3.8, 4) is 11.5 Å². The number of H-pyrrole nitrogens is 1. The minimum absolute atomic E-state index is 0.0673. The smallest absolute Gasteiger partial charge is 0.336 e. The Hall–Kier alpha value is -3.03. The van der Waals surface area contributed by atoms with Crippen LogP contribution in [0.25, 0.3) is 10.9 Å². The summed E-state index contributed by atoms with van der Waals surface area (Å²) in [5.41, 5.74) is 5.71. The highest BCUT2D eigenvalue weighted by molar-refractivity contribution is 5.91. The lowest BCUT2D eigenvalue weighted by atomic mass is 9.89. The van der Waals surface area contributed by atoms with Crippen molar-refractivity contribution in [2.24, 2.45) is 5.92 Å². The van der Waals surface area contributed by atoms with Crippen molar-refractivity contribution in [3.63, 3.8) is 0 Å². The molecule has 6 rings (SSSR count).